The Balaban J connectivity index is 2.26. The lowest BCUT2D eigenvalue weighted by Crippen LogP contribution is -2.06. The fraction of sp³-hybridized carbons (Fsp3) is 0.0909. The molecular formula is C11H9BrN2OS. The molecule has 2 N–H and O–H groups in total. The van der Waals surface area contributed by atoms with Crippen LogP contribution in [0, 0.1) is 0 Å². The lowest BCUT2D eigenvalue weighted by Gasteiger charge is -2.07. The fourth-order valence-electron chi connectivity index (χ4n) is 1.32. The van der Waals surface area contributed by atoms with Gasteiger partial charge in [-0.2, -0.15) is 0 Å². The van der Waals surface area contributed by atoms with Crippen LogP contribution in [-0.4, -0.2) is 10.8 Å². The minimum absolute atomic E-state index is 0.0422. The van der Waals surface area contributed by atoms with Gasteiger partial charge in [0.25, 0.3) is 0 Å². The topological polar surface area (TPSA) is 56.0 Å². The van der Waals surface area contributed by atoms with Crippen LogP contribution in [0.5, 0.6) is 0 Å². The summed E-state index contributed by atoms with van der Waals surface area (Å²) in [7, 11) is 0. The van der Waals surface area contributed by atoms with Crippen molar-refractivity contribution in [3.63, 3.8) is 0 Å². The molecule has 0 aliphatic carbocycles. The number of hydrogen-bond donors (Lipinski definition) is 1. The standard InChI is InChI=1S/C11H9BrN2OS/c12-10(7-3-4-14-9(13)6-7)11(15)8-2-1-5-16-8/h1-6,10H,(H2,13,14)/t10-/m1/s1. The minimum atomic E-state index is -0.364. The van der Waals surface area contributed by atoms with Crippen molar-refractivity contribution >= 4 is 38.9 Å². The SMILES string of the molecule is Nc1cc([C@@H](Br)C(=O)c2cccs2)ccn1. The molecule has 82 valence electrons. The molecule has 0 saturated carbocycles. The molecule has 0 bridgehead atoms. The van der Waals surface area contributed by atoms with E-state index in [1.165, 1.54) is 11.3 Å². The predicted molar refractivity (Wildman–Crippen MR) is 69.0 cm³/mol. The number of nitrogen functional groups attached to an aromatic ring is 1. The van der Waals surface area contributed by atoms with Crippen molar-refractivity contribution in [3.8, 4) is 0 Å². The van der Waals surface area contributed by atoms with Gasteiger partial charge in [0.2, 0.25) is 0 Å². The molecule has 0 spiro atoms. The highest BCUT2D eigenvalue weighted by molar-refractivity contribution is 9.09. The zero-order chi connectivity index (χ0) is 11.5. The fourth-order valence-corrected chi connectivity index (χ4v) is 2.70. The van der Waals surface area contributed by atoms with Crippen LogP contribution in [0.3, 0.4) is 0 Å². The van der Waals surface area contributed by atoms with Gasteiger partial charge in [0.15, 0.2) is 5.78 Å². The van der Waals surface area contributed by atoms with Gasteiger partial charge in [-0.05, 0) is 29.1 Å². The van der Waals surface area contributed by atoms with Gasteiger partial charge >= 0.3 is 0 Å². The first-order valence-corrected chi connectivity index (χ1v) is 6.41. The van der Waals surface area contributed by atoms with Gasteiger partial charge in [0.1, 0.15) is 10.6 Å². The number of nitrogens with two attached hydrogens (primary N) is 1. The van der Waals surface area contributed by atoms with E-state index in [1.54, 1.807) is 18.3 Å². The highest BCUT2D eigenvalue weighted by Crippen LogP contribution is 2.29. The van der Waals surface area contributed by atoms with Crippen molar-refractivity contribution in [2.75, 3.05) is 5.73 Å². The van der Waals surface area contributed by atoms with Crippen LogP contribution in [0.2, 0.25) is 0 Å². The number of alkyl halides is 1. The number of thiophene rings is 1. The van der Waals surface area contributed by atoms with Crippen molar-refractivity contribution in [3.05, 3.63) is 46.3 Å². The van der Waals surface area contributed by atoms with Crippen molar-refractivity contribution in [2.24, 2.45) is 0 Å². The second-order valence-corrected chi connectivity index (χ2v) is 5.08. The maximum atomic E-state index is 12.0. The Hall–Kier alpha value is -1.20. The average molecular weight is 297 g/mol. The number of aromatic nitrogens is 1. The zero-order valence-electron chi connectivity index (χ0n) is 8.26. The summed E-state index contributed by atoms with van der Waals surface area (Å²) in [6.07, 6.45) is 1.60. The summed E-state index contributed by atoms with van der Waals surface area (Å²) < 4.78 is 0. The molecule has 0 unspecified atom stereocenters. The van der Waals surface area contributed by atoms with E-state index in [4.69, 9.17) is 5.73 Å². The van der Waals surface area contributed by atoms with Gasteiger partial charge in [0.05, 0.1) is 4.88 Å². The first-order valence-electron chi connectivity index (χ1n) is 4.61. The Labute approximate surface area is 105 Å². The summed E-state index contributed by atoms with van der Waals surface area (Å²) in [6, 6.07) is 7.15. The van der Waals surface area contributed by atoms with E-state index >= 15 is 0 Å². The molecule has 3 nitrogen and oxygen atoms in total. The number of pyridine rings is 1. The number of carbonyl (C=O) groups excluding carboxylic acids is 1. The van der Waals surface area contributed by atoms with E-state index in [9.17, 15) is 4.79 Å². The number of hydrogen-bond acceptors (Lipinski definition) is 4. The molecule has 2 rings (SSSR count). The van der Waals surface area contributed by atoms with E-state index in [0.717, 1.165) is 10.4 Å². The highest BCUT2D eigenvalue weighted by Gasteiger charge is 2.19. The molecule has 0 aliphatic rings. The van der Waals surface area contributed by atoms with Gasteiger partial charge < -0.3 is 5.73 Å². The second-order valence-electron chi connectivity index (χ2n) is 3.22. The average Bonchev–Trinajstić information content (AvgIpc) is 2.80. The molecule has 0 aliphatic heterocycles. The molecule has 0 saturated heterocycles. The second kappa shape index (κ2) is 4.76. The monoisotopic (exact) mass is 296 g/mol. The first kappa shape index (κ1) is 11.3. The van der Waals surface area contributed by atoms with Gasteiger partial charge in [-0.15, -0.1) is 11.3 Å². The quantitative estimate of drug-likeness (QED) is 0.700. The Morgan fingerprint density at radius 3 is 2.94 bits per heavy atom. The highest BCUT2D eigenvalue weighted by atomic mass is 79.9. The van der Waals surface area contributed by atoms with E-state index < -0.39 is 0 Å². The zero-order valence-corrected chi connectivity index (χ0v) is 10.7. The molecule has 2 heterocycles. The summed E-state index contributed by atoms with van der Waals surface area (Å²) in [5.41, 5.74) is 6.40. The van der Waals surface area contributed by atoms with E-state index in [0.29, 0.717) is 5.82 Å². The lowest BCUT2D eigenvalue weighted by molar-refractivity contribution is 0.0995. The molecule has 0 amide bonds. The molecule has 0 fully saturated rings. The Morgan fingerprint density at radius 2 is 2.31 bits per heavy atom. The molecule has 0 aromatic carbocycles. The molecule has 0 radical (unpaired) electrons. The van der Waals surface area contributed by atoms with Gasteiger partial charge in [-0.1, -0.05) is 22.0 Å². The Bertz CT molecular complexity index is 498. The third kappa shape index (κ3) is 2.31. The smallest absolute Gasteiger partial charge is 0.190 e. The number of halogens is 1. The predicted octanol–water partition coefficient (Wildman–Crippen LogP) is 3.04. The van der Waals surface area contributed by atoms with E-state index in [-0.39, 0.29) is 10.6 Å². The minimum Gasteiger partial charge on any atom is -0.384 e. The largest absolute Gasteiger partial charge is 0.384 e. The van der Waals surface area contributed by atoms with Crippen molar-refractivity contribution in [2.45, 2.75) is 4.83 Å². The normalized spacial score (nSPS) is 12.3. The van der Waals surface area contributed by atoms with Crippen LogP contribution in [0.4, 0.5) is 5.82 Å². The van der Waals surface area contributed by atoms with Crippen LogP contribution in [0.15, 0.2) is 35.8 Å². The number of ketones is 1. The van der Waals surface area contributed by atoms with Gasteiger partial charge in [-0.25, -0.2) is 4.98 Å². The number of anilines is 1. The van der Waals surface area contributed by atoms with E-state index in [2.05, 4.69) is 20.9 Å². The molecule has 2 aromatic rings. The summed E-state index contributed by atoms with van der Waals surface area (Å²) >= 11 is 4.81. The Morgan fingerprint density at radius 1 is 1.50 bits per heavy atom. The van der Waals surface area contributed by atoms with Crippen LogP contribution in [-0.2, 0) is 0 Å². The third-order valence-corrected chi connectivity index (χ3v) is 3.92. The molecule has 2 aromatic heterocycles. The maximum absolute atomic E-state index is 12.0. The van der Waals surface area contributed by atoms with Gasteiger partial charge in [-0.3, -0.25) is 4.79 Å². The summed E-state index contributed by atoms with van der Waals surface area (Å²) in [5.74, 6) is 0.460. The summed E-state index contributed by atoms with van der Waals surface area (Å²) in [6.45, 7) is 0. The molecule has 16 heavy (non-hydrogen) atoms. The molecule has 1 atom stereocenters. The molecular weight excluding hydrogens is 288 g/mol. The lowest BCUT2D eigenvalue weighted by atomic mass is 10.1. The number of carbonyl (C=O) groups is 1. The number of rotatable bonds is 3. The van der Waals surface area contributed by atoms with Crippen LogP contribution >= 0.6 is 27.3 Å². The van der Waals surface area contributed by atoms with Crippen LogP contribution < -0.4 is 5.73 Å². The van der Waals surface area contributed by atoms with Crippen molar-refractivity contribution in [1.29, 1.82) is 0 Å². The van der Waals surface area contributed by atoms with Crippen LogP contribution in [0.25, 0.3) is 0 Å². The number of Topliss-reactive ketones (excluding diaryl/α,β-unsaturated/α-hetero) is 1. The van der Waals surface area contributed by atoms with Crippen molar-refractivity contribution < 1.29 is 4.79 Å². The van der Waals surface area contributed by atoms with E-state index in [1.807, 2.05) is 17.5 Å². The maximum Gasteiger partial charge on any atom is 0.190 e. The van der Waals surface area contributed by atoms with Crippen molar-refractivity contribution in [1.82, 2.24) is 4.98 Å². The summed E-state index contributed by atoms with van der Waals surface area (Å²) in [4.78, 5) is 16.3. The first-order chi connectivity index (χ1) is 7.68. The molecule has 5 heteroatoms. The number of nitrogens with zero attached hydrogens (tertiary/aromatic N) is 1. The third-order valence-electron chi connectivity index (χ3n) is 2.09. The van der Waals surface area contributed by atoms with Gasteiger partial charge in [0, 0.05) is 6.20 Å². The summed E-state index contributed by atoms with van der Waals surface area (Å²) in [5, 5.41) is 1.88. The Kier molecular flexibility index (Phi) is 3.36. The van der Waals surface area contributed by atoms with Crippen LogP contribution in [0.1, 0.15) is 20.1 Å².